The van der Waals surface area contributed by atoms with E-state index < -0.39 is 0 Å². The Bertz CT molecular complexity index is 250. The Balaban J connectivity index is 1.68. The zero-order valence-corrected chi connectivity index (χ0v) is 10.6. The van der Waals surface area contributed by atoms with Crippen LogP contribution in [0.25, 0.3) is 0 Å². The normalized spacial score (nSPS) is 21.4. The first-order valence-corrected chi connectivity index (χ1v) is 6.88. The van der Waals surface area contributed by atoms with Crippen molar-refractivity contribution in [3.63, 3.8) is 0 Å². The molecule has 98 valence electrons. The van der Waals surface area contributed by atoms with E-state index in [0.717, 1.165) is 24.7 Å². The number of carbonyl (C=O) groups excluding carboxylic acids is 1. The molecule has 2 amide bonds. The highest BCUT2D eigenvalue weighted by Gasteiger charge is 2.42. The van der Waals surface area contributed by atoms with Crippen LogP contribution < -0.4 is 10.6 Å². The van der Waals surface area contributed by atoms with Crippen molar-refractivity contribution in [2.45, 2.75) is 57.5 Å². The fourth-order valence-corrected chi connectivity index (χ4v) is 2.42. The van der Waals surface area contributed by atoms with Crippen molar-refractivity contribution in [2.75, 3.05) is 6.61 Å². The van der Waals surface area contributed by atoms with E-state index in [1.165, 1.54) is 25.7 Å². The molecule has 3 N–H and O–H groups in total. The third-order valence-corrected chi connectivity index (χ3v) is 3.73. The van der Waals surface area contributed by atoms with Crippen molar-refractivity contribution in [2.24, 2.45) is 11.8 Å². The van der Waals surface area contributed by atoms with E-state index in [0.29, 0.717) is 6.04 Å². The fraction of sp³-hybridized carbons (Fsp3) is 0.923. The topological polar surface area (TPSA) is 61.4 Å². The monoisotopic (exact) mass is 240 g/mol. The molecule has 1 unspecified atom stereocenters. The SMILES string of the molecule is CC(CCCO)NC(=O)NC(C1CC1)C1CC1. The maximum Gasteiger partial charge on any atom is 0.315 e. The average Bonchev–Trinajstić information content (AvgIpc) is 3.16. The number of aliphatic hydroxyl groups excluding tert-OH is 1. The van der Waals surface area contributed by atoms with Crippen molar-refractivity contribution in [3.8, 4) is 0 Å². The molecule has 0 spiro atoms. The lowest BCUT2D eigenvalue weighted by Gasteiger charge is -2.20. The van der Waals surface area contributed by atoms with Crippen LogP contribution in [0.1, 0.15) is 45.4 Å². The van der Waals surface area contributed by atoms with E-state index >= 15 is 0 Å². The molecule has 2 aliphatic rings. The number of rotatable bonds is 7. The molecule has 0 aromatic heterocycles. The molecule has 4 heteroatoms. The third-order valence-electron chi connectivity index (χ3n) is 3.73. The van der Waals surface area contributed by atoms with Crippen LogP contribution in [0.4, 0.5) is 4.79 Å². The van der Waals surface area contributed by atoms with Crippen LogP contribution in [0.15, 0.2) is 0 Å². The summed E-state index contributed by atoms with van der Waals surface area (Å²) in [6.07, 6.45) is 6.70. The van der Waals surface area contributed by atoms with Gasteiger partial charge in [-0.15, -0.1) is 0 Å². The van der Waals surface area contributed by atoms with Gasteiger partial charge in [0, 0.05) is 18.7 Å². The Morgan fingerprint density at radius 3 is 2.29 bits per heavy atom. The zero-order chi connectivity index (χ0) is 12.3. The minimum Gasteiger partial charge on any atom is -0.396 e. The smallest absolute Gasteiger partial charge is 0.315 e. The molecule has 17 heavy (non-hydrogen) atoms. The number of nitrogens with one attached hydrogen (secondary N) is 2. The van der Waals surface area contributed by atoms with Gasteiger partial charge in [-0.3, -0.25) is 0 Å². The predicted molar refractivity (Wildman–Crippen MR) is 66.7 cm³/mol. The Morgan fingerprint density at radius 1 is 1.24 bits per heavy atom. The summed E-state index contributed by atoms with van der Waals surface area (Å²) in [7, 11) is 0. The van der Waals surface area contributed by atoms with Crippen molar-refractivity contribution in [3.05, 3.63) is 0 Å². The first kappa shape index (κ1) is 12.7. The van der Waals surface area contributed by atoms with Crippen LogP contribution in [0.3, 0.4) is 0 Å². The largest absolute Gasteiger partial charge is 0.396 e. The van der Waals surface area contributed by atoms with Crippen molar-refractivity contribution in [1.82, 2.24) is 10.6 Å². The lowest BCUT2D eigenvalue weighted by atomic mass is 10.1. The number of urea groups is 1. The molecule has 0 aromatic rings. The molecule has 4 nitrogen and oxygen atoms in total. The lowest BCUT2D eigenvalue weighted by molar-refractivity contribution is 0.227. The van der Waals surface area contributed by atoms with Crippen LogP contribution >= 0.6 is 0 Å². The fourth-order valence-electron chi connectivity index (χ4n) is 2.42. The molecule has 2 saturated carbocycles. The molecule has 0 aliphatic heterocycles. The number of aliphatic hydroxyl groups is 1. The molecule has 0 saturated heterocycles. The molecule has 0 radical (unpaired) electrons. The molecule has 2 aliphatic carbocycles. The van der Waals surface area contributed by atoms with Crippen molar-refractivity contribution in [1.29, 1.82) is 0 Å². The Morgan fingerprint density at radius 2 is 1.82 bits per heavy atom. The summed E-state index contributed by atoms with van der Waals surface area (Å²) in [5.41, 5.74) is 0. The van der Waals surface area contributed by atoms with Gasteiger partial charge >= 0.3 is 6.03 Å². The molecule has 0 bridgehead atoms. The average molecular weight is 240 g/mol. The van der Waals surface area contributed by atoms with E-state index in [1.54, 1.807) is 0 Å². The van der Waals surface area contributed by atoms with Crippen molar-refractivity contribution >= 4 is 6.03 Å². The van der Waals surface area contributed by atoms with E-state index in [9.17, 15) is 4.79 Å². The Labute approximate surface area is 103 Å². The third kappa shape index (κ3) is 4.19. The van der Waals surface area contributed by atoms with Crippen LogP contribution in [0.5, 0.6) is 0 Å². The maximum absolute atomic E-state index is 11.8. The first-order valence-electron chi connectivity index (χ1n) is 6.88. The highest BCUT2D eigenvalue weighted by Crippen LogP contribution is 2.44. The zero-order valence-electron chi connectivity index (χ0n) is 10.6. The molecule has 0 aromatic carbocycles. The van der Waals surface area contributed by atoms with Gasteiger partial charge < -0.3 is 15.7 Å². The molecule has 2 fully saturated rings. The van der Waals surface area contributed by atoms with Crippen LogP contribution in [-0.2, 0) is 0 Å². The van der Waals surface area contributed by atoms with Crippen molar-refractivity contribution < 1.29 is 9.90 Å². The van der Waals surface area contributed by atoms with Gasteiger partial charge in [0.25, 0.3) is 0 Å². The van der Waals surface area contributed by atoms with E-state index in [-0.39, 0.29) is 18.7 Å². The molecular weight excluding hydrogens is 216 g/mol. The quantitative estimate of drug-likeness (QED) is 0.633. The summed E-state index contributed by atoms with van der Waals surface area (Å²) >= 11 is 0. The van der Waals surface area contributed by atoms with Gasteiger partial charge in [-0.2, -0.15) is 0 Å². The van der Waals surface area contributed by atoms with Gasteiger partial charge in [-0.25, -0.2) is 4.79 Å². The summed E-state index contributed by atoms with van der Waals surface area (Å²) in [5.74, 6) is 1.47. The van der Waals surface area contributed by atoms with E-state index in [2.05, 4.69) is 10.6 Å². The van der Waals surface area contributed by atoms with E-state index in [1.807, 2.05) is 6.92 Å². The standard InChI is InChI=1S/C13H24N2O2/c1-9(3-2-8-16)14-13(17)15-12(10-4-5-10)11-6-7-11/h9-12,16H,2-8H2,1H3,(H2,14,15,17). The van der Waals surface area contributed by atoms with Crippen LogP contribution in [0, 0.1) is 11.8 Å². The number of amides is 2. The second-order valence-electron chi connectivity index (χ2n) is 5.59. The van der Waals surface area contributed by atoms with Crippen LogP contribution in [-0.4, -0.2) is 29.8 Å². The van der Waals surface area contributed by atoms with E-state index in [4.69, 9.17) is 5.11 Å². The maximum atomic E-state index is 11.8. The Hall–Kier alpha value is -0.770. The summed E-state index contributed by atoms with van der Waals surface area (Å²) in [4.78, 5) is 11.8. The lowest BCUT2D eigenvalue weighted by Crippen LogP contribution is -2.47. The highest BCUT2D eigenvalue weighted by molar-refractivity contribution is 5.74. The summed E-state index contributed by atoms with van der Waals surface area (Å²) < 4.78 is 0. The predicted octanol–water partition coefficient (Wildman–Crippen LogP) is 1.64. The molecular formula is C13H24N2O2. The number of hydrogen-bond acceptors (Lipinski definition) is 2. The molecule has 1 atom stereocenters. The highest BCUT2D eigenvalue weighted by atomic mass is 16.3. The minimum absolute atomic E-state index is 0.0285. The molecule has 0 heterocycles. The van der Waals surface area contributed by atoms with Crippen LogP contribution in [0.2, 0.25) is 0 Å². The Kier molecular flexibility index (Phi) is 4.26. The van der Waals surface area contributed by atoms with Gasteiger partial charge in [-0.1, -0.05) is 0 Å². The van der Waals surface area contributed by atoms with Gasteiger partial charge in [-0.05, 0) is 57.3 Å². The summed E-state index contributed by atoms with van der Waals surface area (Å²) in [6.45, 7) is 2.18. The van der Waals surface area contributed by atoms with Gasteiger partial charge in [0.05, 0.1) is 0 Å². The second kappa shape index (κ2) is 5.71. The number of carbonyl (C=O) groups is 1. The summed E-state index contributed by atoms with van der Waals surface area (Å²) in [5, 5.41) is 14.8. The minimum atomic E-state index is -0.0285. The number of hydrogen-bond donors (Lipinski definition) is 3. The first-order chi connectivity index (χ1) is 8.20. The molecule has 2 rings (SSSR count). The second-order valence-corrected chi connectivity index (χ2v) is 5.59. The van der Waals surface area contributed by atoms with Gasteiger partial charge in [0.1, 0.15) is 0 Å². The summed E-state index contributed by atoms with van der Waals surface area (Å²) in [6, 6.07) is 0.528. The van der Waals surface area contributed by atoms with Gasteiger partial charge in [0.15, 0.2) is 0 Å². The van der Waals surface area contributed by atoms with Gasteiger partial charge in [0.2, 0.25) is 0 Å².